The maximum atomic E-state index is 13.8. The molecule has 0 bridgehead atoms. The minimum Gasteiger partial charge on any atom is -0.508 e. The fourth-order valence-electron chi connectivity index (χ4n) is 6.25. The lowest BCUT2D eigenvalue weighted by Crippen LogP contribution is -2.65. The Morgan fingerprint density at radius 1 is 0.744 bits per heavy atom. The number of hydrogen-bond acceptors (Lipinski definition) is 4. The number of carbonyl (C=O) groups is 1. The number of benzene rings is 4. The van der Waals surface area contributed by atoms with Crippen LogP contribution in [-0.4, -0.2) is 21.2 Å². The van der Waals surface area contributed by atoms with Crippen molar-refractivity contribution in [2.24, 2.45) is 5.41 Å². The van der Waals surface area contributed by atoms with Crippen molar-refractivity contribution < 1.29 is 28.9 Å². The van der Waals surface area contributed by atoms with E-state index in [2.05, 4.69) is 0 Å². The van der Waals surface area contributed by atoms with Gasteiger partial charge in [0.15, 0.2) is 0 Å². The number of halogens is 2. The lowest BCUT2D eigenvalue weighted by molar-refractivity contribution is -0.149. The van der Waals surface area contributed by atoms with Gasteiger partial charge in [-0.15, -0.1) is 0 Å². The largest absolute Gasteiger partial charge is 0.508 e. The standard InChI is InChI=1S/C32H27F2NO4/c33-23-7-5-22(6-8-23)32(39)16-14-31(15-17-32)29(35(30(31)38)25-11-9-24(34)10-12-25)27-13-4-21(19-28(27)37)20-2-1-3-26(36)18-20/h1-13,18-19,29,36-37,39H,14-17H2/t29-,31?,32?/m1/s1. The molecule has 4 aromatic rings. The van der Waals surface area contributed by atoms with Crippen molar-refractivity contribution in [2.45, 2.75) is 37.3 Å². The third-order valence-electron chi connectivity index (χ3n) is 8.39. The third-order valence-corrected chi connectivity index (χ3v) is 8.39. The summed E-state index contributed by atoms with van der Waals surface area (Å²) in [5, 5.41) is 32.5. The van der Waals surface area contributed by atoms with Crippen LogP contribution in [0.1, 0.15) is 42.9 Å². The first-order valence-electron chi connectivity index (χ1n) is 12.9. The summed E-state index contributed by atoms with van der Waals surface area (Å²) in [6.07, 6.45) is 1.30. The zero-order valence-electron chi connectivity index (χ0n) is 21.0. The van der Waals surface area contributed by atoms with Crippen LogP contribution in [0, 0.1) is 17.0 Å². The summed E-state index contributed by atoms with van der Waals surface area (Å²) in [6, 6.07) is 22.9. The summed E-state index contributed by atoms with van der Waals surface area (Å²) in [5.41, 5.74) is 1.05. The van der Waals surface area contributed by atoms with Crippen molar-refractivity contribution in [1.82, 2.24) is 0 Å². The molecule has 0 unspecified atom stereocenters. The van der Waals surface area contributed by atoms with Crippen molar-refractivity contribution in [3.8, 4) is 22.6 Å². The Morgan fingerprint density at radius 3 is 1.97 bits per heavy atom. The number of anilines is 1. The second-order valence-electron chi connectivity index (χ2n) is 10.6. The Balaban J connectivity index is 1.37. The highest BCUT2D eigenvalue weighted by molar-refractivity contribution is 6.06. The number of hydrogen-bond donors (Lipinski definition) is 3. The first-order chi connectivity index (χ1) is 18.7. The van der Waals surface area contributed by atoms with Crippen LogP contribution >= 0.6 is 0 Å². The molecule has 1 aliphatic carbocycles. The van der Waals surface area contributed by atoms with Gasteiger partial charge in [-0.25, -0.2) is 8.78 Å². The molecule has 1 aliphatic heterocycles. The van der Waals surface area contributed by atoms with Gasteiger partial charge in [0.05, 0.1) is 17.1 Å². The highest BCUT2D eigenvalue weighted by Crippen LogP contribution is 2.62. The van der Waals surface area contributed by atoms with Gasteiger partial charge in [-0.2, -0.15) is 0 Å². The molecule has 39 heavy (non-hydrogen) atoms. The molecule has 1 spiro atoms. The van der Waals surface area contributed by atoms with Gasteiger partial charge in [0.1, 0.15) is 23.1 Å². The molecule has 7 heteroatoms. The lowest BCUT2D eigenvalue weighted by atomic mass is 9.56. The summed E-state index contributed by atoms with van der Waals surface area (Å²) in [6.45, 7) is 0. The SMILES string of the molecule is O=C1N(c2ccc(F)cc2)[C@H](c2ccc(-c3cccc(O)c3)cc2O)C12CCC(O)(c1ccc(F)cc1)CC2. The molecule has 1 saturated carbocycles. The Morgan fingerprint density at radius 2 is 1.36 bits per heavy atom. The Kier molecular flexibility index (Phi) is 5.92. The second-order valence-corrected chi connectivity index (χ2v) is 10.6. The van der Waals surface area contributed by atoms with Gasteiger partial charge in [-0.05, 0) is 97.0 Å². The number of nitrogens with zero attached hydrogens (tertiary/aromatic N) is 1. The van der Waals surface area contributed by atoms with Crippen molar-refractivity contribution >= 4 is 11.6 Å². The van der Waals surface area contributed by atoms with E-state index >= 15 is 0 Å². The molecule has 6 rings (SSSR count). The van der Waals surface area contributed by atoms with Crippen LogP contribution in [0.2, 0.25) is 0 Å². The zero-order valence-corrected chi connectivity index (χ0v) is 21.0. The highest BCUT2D eigenvalue weighted by atomic mass is 19.1. The minimum absolute atomic E-state index is 0.000741. The number of aromatic hydroxyl groups is 2. The van der Waals surface area contributed by atoms with E-state index in [4.69, 9.17) is 0 Å². The normalized spacial score (nSPS) is 24.5. The van der Waals surface area contributed by atoms with E-state index in [-0.39, 0.29) is 23.2 Å². The number of rotatable bonds is 4. The van der Waals surface area contributed by atoms with Gasteiger partial charge in [-0.3, -0.25) is 4.79 Å². The summed E-state index contributed by atoms with van der Waals surface area (Å²) >= 11 is 0. The van der Waals surface area contributed by atoms with Crippen LogP contribution in [-0.2, 0) is 10.4 Å². The van der Waals surface area contributed by atoms with Crippen LogP contribution in [0.3, 0.4) is 0 Å². The molecule has 4 aromatic carbocycles. The number of phenolic OH excluding ortho intramolecular Hbond substituents is 2. The maximum absolute atomic E-state index is 13.8. The van der Waals surface area contributed by atoms with Gasteiger partial charge < -0.3 is 20.2 Å². The van der Waals surface area contributed by atoms with Crippen molar-refractivity contribution in [3.05, 3.63) is 114 Å². The predicted octanol–water partition coefficient (Wildman–Crippen LogP) is 6.58. The number of amides is 1. The van der Waals surface area contributed by atoms with E-state index < -0.39 is 22.9 Å². The topological polar surface area (TPSA) is 81.0 Å². The molecule has 1 amide bonds. The van der Waals surface area contributed by atoms with Crippen LogP contribution in [0.4, 0.5) is 14.5 Å². The third kappa shape index (κ3) is 4.14. The summed E-state index contributed by atoms with van der Waals surface area (Å²) in [5.74, 6) is -0.837. The Hall–Kier alpha value is -4.23. The molecular weight excluding hydrogens is 500 g/mol. The maximum Gasteiger partial charge on any atom is 0.236 e. The predicted molar refractivity (Wildman–Crippen MR) is 143 cm³/mol. The van der Waals surface area contributed by atoms with Gasteiger partial charge in [-0.1, -0.05) is 36.4 Å². The van der Waals surface area contributed by atoms with Gasteiger partial charge in [0.2, 0.25) is 5.91 Å². The number of aliphatic hydroxyl groups is 1. The Labute approximate surface area is 224 Å². The van der Waals surface area contributed by atoms with E-state index in [1.54, 1.807) is 59.5 Å². The molecule has 1 atom stereocenters. The Bertz CT molecular complexity index is 1540. The molecular formula is C32H27F2NO4. The van der Waals surface area contributed by atoms with E-state index in [0.717, 1.165) is 5.56 Å². The lowest BCUT2D eigenvalue weighted by Gasteiger charge is -2.59. The van der Waals surface area contributed by atoms with Crippen molar-refractivity contribution in [3.63, 3.8) is 0 Å². The summed E-state index contributed by atoms with van der Waals surface area (Å²) in [4.78, 5) is 15.4. The fraction of sp³-hybridized carbons (Fsp3) is 0.219. The smallest absolute Gasteiger partial charge is 0.236 e. The average Bonchev–Trinajstić information content (AvgIpc) is 2.93. The number of β-lactam (4-membered cyclic amide) rings is 1. The zero-order chi connectivity index (χ0) is 27.4. The van der Waals surface area contributed by atoms with Crippen LogP contribution in [0.25, 0.3) is 11.1 Å². The number of phenols is 2. The van der Waals surface area contributed by atoms with Gasteiger partial charge >= 0.3 is 0 Å². The molecule has 2 aliphatic rings. The molecule has 0 radical (unpaired) electrons. The first-order valence-corrected chi connectivity index (χ1v) is 12.9. The summed E-state index contributed by atoms with van der Waals surface area (Å²) < 4.78 is 27.2. The second kappa shape index (κ2) is 9.20. The van der Waals surface area contributed by atoms with E-state index in [1.165, 1.54) is 24.3 Å². The molecule has 0 aromatic heterocycles. The molecule has 5 nitrogen and oxygen atoms in total. The highest BCUT2D eigenvalue weighted by Gasteiger charge is 2.64. The average molecular weight is 528 g/mol. The van der Waals surface area contributed by atoms with Crippen molar-refractivity contribution in [2.75, 3.05) is 4.90 Å². The minimum atomic E-state index is -1.19. The molecule has 198 valence electrons. The first kappa shape index (κ1) is 25.1. The molecule has 3 N–H and O–H groups in total. The van der Waals surface area contributed by atoms with Crippen LogP contribution < -0.4 is 4.90 Å². The number of carbonyl (C=O) groups excluding carboxylic acids is 1. The van der Waals surface area contributed by atoms with E-state index in [0.29, 0.717) is 48.1 Å². The van der Waals surface area contributed by atoms with E-state index in [9.17, 15) is 28.9 Å². The molecule has 1 heterocycles. The van der Waals surface area contributed by atoms with E-state index in [1.807, 2.05) is 12.1 Å². The molecule has 1 saturated heterocycles. The monoisotopic (exact) mass is 527 g/mol. The van der Waals surface area contributed by atoms with Crippen molar-refractivity contribution in [1.29, 1.82) is 0 Å². The van der Waals surface area contributed by atoms with Gasteiger partial charge in [0.25, 0.3) is 0 Å². The molecule has 2 fully saturated rings. The van der Waals surface area contributed by atoms with Gasteiger partial charge in [0, 0.05) is 11.3 Å². The van der Waals surface area contributed by atoms with Crippen LogP contribution in [0.5, 0.6) is 11.5 Å². The fourth-order valence-corrected chi connectivity index (χ4v) is 6.25. The quantitative estimate of drug-likeness (QED) is 0.262. The summed E-state index contributed by atoms with van der Waals surface area (Å²) in [7, 11) is 0. The van der Waals surface area contributed by atoms with Crippen LogP contribution in [0.15, 0.2) is 91.0 Å².